The van der Waals surface area contributed by atoms with Crippen LogP contribution >= 0.6 is 11.5 Å². The lowest BCUT2D eigenvalue weighted by Gasteiger charge is -2.33. The van der Waals surface area contributed by atoms with Gasteiger partial charge in [-0.2, -0.15) is 0 Å². The van der Waals surface area contributed by atoms with Crippen LogP contribution in [-0.2, 0) is 13.0 Å². The first-order chi connectivity index (χ1) is 10.7. The van der Waals surface area contributed by atoms with Gasteiger partial charge < -0.3 is 10.4 Å². The summed E-state index contributed by atoms with van der Waals surface area (Å²) in [6.07, 6.45) is 3.28. The zero-order chi connectivity index (χ0) is 15.4. The number of rotatable bonds is 6. The summed E-state index contributed by atoms with van der Waals surface area (Å²) in [7, 11) is 0. The Hall–Kier alpha value is -1.37. The first-order valence-electron chi connectivity index (χ1n) is 7.57. The molecule has 22 heavy (non-hydrogen) atoms. The first kappa shape index (κ1) is 15.5. The molecule has 118 valence electrons. The van der Waals surface area contributed by atoms with Crippen LogP contribution in [0.4, 0.5) is 4.39 Å². The van der Waals surface area contributed by atoms with E-state index in [-0.39, 0.29) is 17.3 Å². The van der Waals surface area contributed by atoms with E-state index in [0.717, 1.165) is 43.5 Å². The van der Waals surface area contributed by atoms with E-state index in [1.807, 2.05) is 17.5 Å². The molecule has 3 rings (SSSR count). The summed E-state index contributed by atoms with van der Waals surface area (Å²) in [6.45, 7) is 1.39. The van der Waals surface area contributed by atoms with Gasteiger partial charge in [-0.25, -0.2) is 4.39 Å². The second-order valence-electron chi connectivity index (χ2n) is 6.07. The van der Waals surface area contributed by atoms with Crippen molar-refractivity contribution >= 4 is 11.5 Å². The summed E-state index contributed by atoms with van der Waals surface area (Å²) in [5.41, 5.74) is 1.82. The lowest BCUT2D eigenvalue weighted by atomic mass is 9.78. The first-order valence-corrected chi connectivity index (χ1v) is 8.41. The highest BCUT2D eigenvalue weighted by Crippen LogP contribution is 2.40. The Morgan fingerprint density at radius 1 is 1.36 bits per heavy atom. The average molecular weight is 321 g/mol. The quantitative estimate of drug-likeness (QED) is 0.858. The number of hydrogen-bond donors (Lipinski definition) is 2. The standard InChI is InChI=1S/C16H20FN3OS/c17-13-5-3-12(4-6-13)8-16(7-1-2-15(16)21)11-18-9-14-10-22-20-19-14/h3-6,10,15,18,21H,1-2,7-9,11H2/t15-,16+/m0/s1. The van der Waals surface area contributed by atoms with Crippen LogP contribution in [0.15, 0.2) is 29.6 Å². The summed E-state index contributed by atoms with van der Waals surface area (Å²) in [5, 5.41) is 19.8. The summed E-state index contributed by atoms with van der Waals surface area (Å²) in [5.74, 6) is -0.223. The maximum Gasteiger partial charge on any atom is 0.123 e. The number of aliphatic hydroxyl groups excluding tert-OH is 1. The molecule has 1 heterocycles. The molecule has 1 saturated carbocycles. The smallest absolute Gasteiger partial charge is 0.123 e. The third kappa shape index (κ3) is 3.51. The van der Waals surface area contributed by atoms with Crippen LogP contribution in [0.25, 0.3) is 0 Å². The van der Waals surface area contributed by atoms with Crippen molar-refractivity contribution in [2.45, 2.75) is 38.3 Å². The Morgan fingerprint density at radius 2 is 2.18 bits per heavy atom. The van der Waals surface area contributed by atoms with Crippen molar-refractivity contribution in [2.24, 2.45) is 5.41 Å². The molecule has 1 aromatic carbocycles. The molecule has 1 fully saturated rings. The molecule has 0 bridgehead atoms. The van der Waals surface area contributed by atoms with Crippen LogP contribution in [0.1, 0.15) is 30.5 Å². The number of nitrogens with one attached hydrogen (secondary N) is 1. The second kappa shape index (κ2) is 6.81. The van der Waals surface area contributed by atoms with Crippen molar-refractivity contribution in [3.8, 4) is 0 Å². The zero-order valence-corrected chi connectivity index (χ0v) is 13.2. The SMILES string of the molecule is O[C@H]1CCC[C@]1(CNCc1csnn1)Cc1ccc(F)cc1. The summed E-state index contributed by atoms with van der Waals surface area (Å²) >= 11 is 1.34. The molecule has 0 aliphatic heterocycles. The third-order valence-electron chi connectivity index (χ3n) is 4.52. The van der Waals surface area contributed by atoms with Crippen LogP contribution < -0.4 is 5.32 Å². The van der Waals surface area contributed by atoms with Crippen LogP contribution in [0.2, 0.25) is 0 Å². The maximum atomic E-state index is 13.1. The summed E-state index contributed by atoms with van der Waals surface area (Å²) < 4.78 is 16.9. The Kier molecular flexibility index (Phi) is 4.81. The lowest BCUT2D eigenvalue weighted by Crippen LogP contribution is -2.41. The number of hydrogen-bond acceptors (Lipinski definition) is 5. The Labute approximate surface area is 133 Å². The van der Waals surface area contributed by atoms with E-state index in [2.05, 4.69) is 14.9 Å². The minimum absolute atomic E-state index is 0.179. The zero-order valence-electron chi connectivity index (χ0n) is 12.3. The van der Waals surface area contributed by atoms with E-state index >= 15 is 0 Å². The highest BCUT2D eigenvalue weighted by molar-refractivity contribution is 7.03. The van der Waals surface area contributed by atoms with Crippen LogP contribution in [0.5, 0.6) is 0 Å². The van der Waals surface area contributed by atoms with Crippen molar-refractivity contribution in [3.05, 3.63) is 46.7 Å². The monoisotopic (exact) mass is 321 g/mol. The maximum absolute atomic E-state index is 13.1. The molecule has 1 aliphatic carbocycles. The molecule has 6 heteroatoms. The number of aliphatic hydroxyl groups is 1. The van der Waals surface area contributed by atoms with Gasteiger partial charge in [-0.3, -0.25) is 0 Å². The van der Waals surface area contributed by atoms with E-state index in [1.54, 1.807) is 0 Å². The normalized spacial score (nSPS) is 24.7. The Bertz CT molecular complexity index is 590. The Balaban J connectivity index is 1.66. The van der Waals surface area contributed by atoms with E-state index in [1.165, 1.54) is 23.7 Å². The minimum Gasteiger partial charge on any atom is -0.392 e. The summed E-state index contributed by atoms with van der Waals surface area (Å²) in [6, 6.07) is 6.59. The number of nitrogens with zero attached hydrogens (tertiary/aromatic N) is 2. The molecule has 4 nitrogen and oxygen atoms in total. The highest BCUT2D eigenvalue weighted by Gasteiger charge is 2.41. The molecule has 0 radical (unpaired) electrons. The average Bonchev–Trinajstić information content (AvgIpc) is 3.13. The fourth-order valence-corrected chi connectivity index (χ4v) is 3.76. The van der Waals surface area contributed by atoms with E-state index in [9.17, 15) is 9.50 Å². The van der Waals surface area contributed by atoms with Gasteiger partial charge in [0.25, 0.3) is 0 Å². The molecule has 0 saturated heterocycles. The fraction of sp³-hybridized carbons (Fsp3) is 0.500. The molecule has 2 atom stereocenters. The number of benzene rings is 1. The van der Waals surface area contributed by atoms with Gasteiger partial charge in [0.1, 0.15) is 5.82 Å². The molecular formula is C16H20FN3OS. The third-order valence-corrected chi connectivity index (χ3v) is 5.07. The van der Waals surface area contributed by atoms with Gasteiger partial charge in [-0.1, -0.05) is 23.0 Å². The van der Waals surface area contributed by atoms with Crippen molar-refractivity contribution in [3.63, 3.8) is 0 Å². The number of halogens is 1. The van der Waals surface area contributed by atoms with Crippen molar-refractivity contribution in [1.29, 1.82) is 0 Å². The van der Waals surface area contributed by atoms with Crippen molar-refractivity contribution in [2.75, 3.05) is 6.54 Å². The Morgan fingerprint density at radius 3 is 2.82 bits per heavy atom. The van der Waals surface area contributed by atoms with E-state index in [4.69, 9.17) is 0 Å². The predicted octanol–water partition coefficient (Wildman–Crippen LogP) is 2.54. The van der Waals surface area contributed by atoms with Gasteiger partial charge >= 0.3 is 0 Å². The number of aromatic nitrogens is 2. The topological polar surface area (TPSA) is 58.0 Å². The highest BCUT2D eigenvalue weighted by atomic mass is 32.1. The fourth-order valence-electron chi connectivity index (χ4n) is 3.30. The van der Waals surface area contributed by atoms with Gasteiger partial charge in [0, 0.05) is 23.9 Å². The molecule has 1 aromatic heterocycles. The largest absolute Gasteiger partial charge is 0.392 e. The van der Waals surface area contributed by atoms with Crippen LogP contribution in [0, 0.1) is 11.2 Å². The lowest BCUT2D eigenvalue weighted by molar-refractivity contribution is 0.0518. The molecule has 0 unspecified atom stereocenters. The molecule has 0 spiro atoms. The summed E-state index contributed by atoms with van der Waals surface area (Å²) in [4.78, 5) is 0. The predicted molar refractivity (Wildman–Crippen MR) is 84.0 cm³/mol. The molecule has 0 amide bonds. The van der Waals surface area contributed by atoms with Gasteiger partial charge in [0.05, 0.1) is 11.8 Å². The van der Waals surface area contributed by atoms with E-state index < -0.39 is 0 Å². The van der Waals surface area contributed by atoms with Gasteiger partial charge in [-0.15, -0.1) is 5.10 Å². The van der Waals surface area contributed by atoms with Crippen LogP contribution in [0.3, 0.4) is 0 Å². The van der Waals surface area contributed by atoms with Gasteiger partial charge in [-0.05, 0) is 48.5 Å². The molecule has 2 N–H and O–H groups in total. The molecule has 2 aromatic rings. The van der Waals surface area contributed by atoms with Crippen molar-refractivity contribution < 1.29 is 9.50 Å². The minimum atomic E-state index is -0.321. The van der Waals surface area contributed by atoms with Gasteiger partial charge in [0.15, 0.2) is 0 Å². The second-order valence-corrected chi connectivity index (χ2v) is 6.68. The van der Waals surface area contributed by atoms with Crippen molar-refractivity contribution in [1.82, 2.24) is 14.9 Å². The molecule has 1 aliphatic rings. The van der Waals surface area contributed by atoms with E-state index in [0.29, 0.717) is 6.54 Å². The van der Waals surface area contributed by atoms with Gasteiger partial charge in [0.2, 0.25) is 0 Å². The van der Waals surface area contributed by atoms with Crippen LogP contribution in [-0.4, -0.2) is 27.3 Å². The molecular weight excluding hydrogens is 301 g/mol.